The number of sulfonamides is 2. The van der Waals surface area contributed by atoms with E-state index in [1.54, 1.807) is 31.2 Å². The lowest BCUT2D eigenvalue weighted by molar-refractivity contribution is 0.574. The summed E-state index contributed by atoms with van der Waals surface area (Å²) in [6.45, 7) is 4.04. The van der Waals surface area contributed by atoms with E-state index in [9.17, 15) is 16.8 Å². The molecule has 7 nitrogen and oxygen atoms in total. The molecule has 1 fully saturated rings. The fraction of sp³-hybridized carbons (Fsp3) is 0.222. The average Bonchev–Trinajstić information content (AvgIpc) is 2.84. The molecule has 0 unspecified atom stereocenters. The Hall–Kier alpha value is -3.43. The number of benzene rings is 3. The number of fused-ring (bicyclic) bond motifs is 1. The van der Waals surface area contributed by atoms with E-state index in [0.29, 0.717) is 29.9 Å². The predicted octanol–water partition coefficient (Wildman–Crippen LogP) is 5.25. The van der Waals surface area contributed by atoms with Crippen molar-refractivity contribution in [3.63, 3.8) is 0 Å². The Labute approximate surface area is 211 Å². The van der Waals surface area contributed by atoms with Gasteiger partial charge >= 0.3 is 0 Å². The number of hydrogen-bond acceptors (Lipinski definition) is 5. The summed E-state index contributed by atoms with van der Waals surface area (Å²) in [4.78, 5) is 4.85. The first-order valence-electron chi connectivity index (χ1n) is 11.7. The molecule has 9 heteroatoms. The lowest BCUT2D eigenvalue weighted by Gasteiger charge is -2.28. The van der Waals surface area contributed by atoms with E-state index in [1.165, 1.54) is 10.4 Å². The highest BCUT2D eigenvalue weighted by molar-refractivity contribution is 7.93. The number of anilines is 2. The van der Waals surface area contributed by atoms with Crippen LogP contribution >= 0.6 is 0 Å². The van der Waals surface area contributed by atoms with Crippen LogP contribution in [-0.4, -0.2) is 34.1 Å². The van der Waals surface area contributed by atoms with Gasteiger partial charge in [-0.15, -0.1) is 0 Å². The molecule has 4 aromatic rings. The SMILES string of the molecule is Cc1ccc(NS(=O)(=O)c2ccc(N3CCCCS3(=O)=O)cc2C)cc1-c1ccc2ccccc2n1. The maximum atomic E-state index is 13.3. The van der Waals surface area contributed by atoms with E-state index < -0.39 is 20.0 Å². The van der Waals surface area contributed by atoms with Crippen molar-refractivity contribution >= 4 is 42.3 Å². The predicted molar refractivity (Wildman–Crippen MR) is 144 cm³/mol. The van der Waals surface area contributed by atoms with Gasteiger partial charge in [0.2, 0.25) is 10.0 Å². The molecular formula is C27H27N3O4S2. The van der Waals surface area contributed by atoms with Crippen molar-refractivity contribution in [3.05, 3.63) is 83.9 Å². The number of nitrogens with zero attached hydrogens (tertiary/aromatic N) is 2. The first-order valence-corrected chi connectivity index (χ1v) is 14.8. The van der Waals surface area contributed by atoms with E-state index in [0.717, 1.165) is 34.1 Å². The number of rotatable bonds is 5. The molecule has 0 amide bonds. The van der Waals surface area contributed by atoms with Gasteiger partial charge in [-0.1, -0.05) is 30.3 Å². The van der Waals surface area contributed by atoms with Gasteiger partial charge in [0, 0.05) is 23.2 Å². The Kier molecular flexibility index (Phi) is 6.22. The maximum absolute atomic E-state index is 13.3. The van der Waals surface area contributed by atoms with E-state index in [1.807, 2.05) is 49.4 Å². The fourth-order valence-electron chi connectivity index (χ4n) is 4.56. The van der Waals surface area contributed by atoms with Gasteiger partial charge < -0.3 is 0 Å². The molecule has 1 aliphatic rings. The molecule has 0 radical (unpaired) electrons. The smallest absolute Gasteiger partial charge is 0.262 e. The first-order chi connectivity index (χ1) is 17.1. The zero-order valence-corrected chi connectivity index (χ0v) is 21.7. The van der Waals surface area contributed by atoms with Crippen LogP contribution in [0.3, 0.4) is 0 Å². The van der Waals surface area contributed by atoms with Gasteiger partial charge in [0.25, 0.3) is 10.0 Å². The topological polar surface area (TPSA) is 96.4 Å². The van der Waals surface area contributed by atoms with Crippen LogP contribution in [0.25, 0.3) is 22.2 Å². The molecule has 1 aliphatic heterocycles. The third-order valence-corrected chi connectivity index (χ3v) is 9.86. The van der Waals surface area contributed by atoms with Crippen molar-refractivity contribution < 1.29 is 16.8 Å². The molecule has 0 atom stereocenters. The van der Waals surface area contributed by atoms with Crippen molar-refractivity contribution in [2.75, 3.05) is 21.3 Å². The van der Waals surface area contributed by atoms with Gasteiger partial charge in [-0.05, 0) is 80.3 Å². The molecule has 3 aromatic carbocycles. The van der Waals surface area contributed by atoms with Gasteiger partial charge in [0.15, 0.2) is 0 Å². The van der Waals surface area contributed by atoms with Gasteiger partial charge in [0.1, 0.15) is 0 Å². The molecule has 0 saturated carbocycles. The van der Waals surface area contributed by atoms with Gasteiger partial charge in [-0.3, -0.25) is 9.03 Å². The molecule has 36 heavy (non-hydrogen) atoms. The van der Waals surface area contributed by atoms with E-state index in [2.05, 4.69) is 4.72 Å². The molecule has 186 valence electrons. The zero-order valence-electron chi connectivity index (χ0n) is 20.1. The first kappa shape index (κ1) is 24.3. The fourth-order valence-corrected chi connectivity index (χ4v) is 7.47. The van der Waals surface area contributed by atoms with Crippen molar-refractivity contribution in [2.45, 2.75) is 31.6 Å². The highest BCUT2D eigenvalue weighted by atomic mass is 32.2. The highest BCUT2D eigenvalue weighted by Gasteiger charge is 2.27. The summed E-state index contributed by atoms with van der Waals surface area (Å²) in [7, 11) is -7.28. The lowest BCUT2D eigenvalue weighted by Crippen LogP contribution is -2.37. The van der Waals surface area contributed by atoms with Crippen LogP contribution in [0.5, 0.6) is 0 Å². The number of aromatic nitrogens is 1. The van der Waals surface area contributed by atoms with E-state index >= 15 is 0 Å². The molecule has 0 bridgehead atoms. The van der Waals surface area contributed by atoms with Gasteiger partial charge in [0.05, 0.1) is 27.5 Å². The molecule has 0 spiro atoms. The summed E-state index contributed by atoms with van der Waals surface area (Å²) in [6.07, 6.45) is 1.42. The minimum Gasteiger partial charge on any atom is -0.280 e. The monoisotopic (exact) mass is 521 g/mol. The molecular weight excluding hydrogens is 494 g/mol. The molecule has 1 saturated heterocycles. The second-order valence-corrected chi connectivity index (χ2v) is 12.7. The molecule has 0 aliphatic carbocycles. The number of pyridine rings is 1. The van der Waals surface area contributed by atoms with Crippen LogP contribution in [0, 0.1) is 13.8 Å². The second kappa shape index (κ2) is 9.22. The van der Waals surface area contributed by atoms with Crippen LogP contribution in [0.4, 0.5) is 11.4 Å². The standard InChI is InChI=1S/C27H27N3O4S2/c1-19-9-11-22(18-24(19)26-13-10-21-7-3-4-8-25(21)28-26)29-36(33,34)27-14-12-23(17-20(27)2)30-15-5-6-16-35(30,31)32/h3-4,7-14,17-18,29H,5-6,15-16H2,1-2H3. The largest absolute Gasteiger partial charge is 0.280 e. The van der Waals surface area contributed by atoms with Crippen molar-refractivity contribution in [3.8, 4) is 11.3 Å². The van der Waals surface area contributed by atoms with Crippen molar-refractivity contribution in [2.24, 2.45) is 0 Å². The zero-order chi connectivity index (χ0) is 25.5. The summed E-state index contributed by atoms with van der Waals surface area (Å²) < 4.78 is 55.5. The third kappa shape index (κ3) is 4.68. The number of nitrogens with one attached hydrogen (secondary N) is 1. The van der Waals surface area contributed by atoms with E-state index in [-0.39, 0.29) is 10.6 Å². The minimum absolute atomic E-state index is 0.103. The van der Waals surface area contributed by atoms with Crippen LogP contribution < -0.4 is 9.03 Å². The Morgan fingerprint density at radius 2 is 1.69 bits per heavy atom. The third-order valence-electron chi connectivity index (χ3n) is 6.45. The molecule has 1 N–H and O–H groups in total. The van der Waals surface area contributed by atoms with E-state index in [4.69, 9.17) is 4.98 Å². The summed E-state index contributed by atoms with van der Waals surface area (Å²) in [5.74, 6) is 0.107. The average molecular weight is 522 g/mol. The Balaban J connectivity index is 1.45. The molecule has 5 rings (SSSR count). The summed E-state index contributed by atoms with van der Waals surface area (Å²) >= 11 is 0. The minimum atomic E-state index is -3.91. The Bertz CT molecular complexity index is 1680. The van der Waals surface area contributed by atoms with Gasteiger partial charge in [-0.2, -0.15) is 0 Å². The number of hydrogen-bond donors (Lipinski definition) is 1. The van der Waals surface area contributed by atoms with Crippen LogP contribution in [-0.2, 0) is 20.0 Å². The Morgan fingerprint density at radius 3 is 2.47 bits per heavy atom. The number of aryl methyl sites for hydroxylation is 2. The summed E-state index contributed by atoms with van der Waals surface area (Å²) in [5.41, 5.74) is 4.83. The molecule has 2 heterocycles. The molecule has 1 aromatic heterocycles. The summed E-state index contributed by atoms with van der Waals surface area (Å²) in [5, 5.41) is 1.03. The Morgan fingerprint density at radius 1 is 0.889 bits per heavy atom. The normalized spacial score (nSPS) is 15.7. The lowest BCUT2D eigenvalue weighted by atomic mass is 10.0. The van der Waals surface area contributed by atoms with Crippen molar-refractivity contribution in [1.82, 2.24) is 4.98 Å². The second-order valence-electron chi connectivity index (χ2n) is 9.07. The highest BCUT2D eigenvalue weighted by Crippen LogP contribution is 2.31. The number of para-hydroxylation sites is 1. The summed E-state index contributed by atoms with van der Waals surface area (Å²) in [6, 6.07) is 21.8. The van der Waals surface area contributed by atoms with Crippen LogP contribution in [0.1, 0.15) is 24.0 Å². The van der Waals surface area contributed by atoms with Crippen LogP contribution in [0.2, 0.25) is 0 Å². The van der Waals surface area contributed by atoms with Crippen LogP contribution in [0.15, 0.2) is 77.7 Å². The van der Waals surface area contributed by atoms with Gasteiger partial charge in [-0.25, -0.2) is 21.8 Å². The maximum Gasteiger partial charge on any atom is 0.262 e. The quantitative estimate of drug-likeness (QED) is 0.387. The van der Waals surface area contributed by atoms with Crippen molar-refractivity contribution in [1.29, 1.82) is 0 Å².